The van der Waals surface area contributed by atoms with Crippen LogP contribution >= 0.6 is 0 Å². The molecule has 3 aromatic carbocycles. The van der Waals surface area contributed by atoms with Crippen molar-refractivity contribution in [3.05, 3.63) is 101 Å². The number of amides is 1. The second-order valence-electron chi connectivity index (χ2n) is 6.31. The number of rotatable bonds is 6. The van der Waals surface area contributed by atoms with Gasteiger partial charge in [-0.3, -0.25) is 4.79 Å². The Labute approximate surface area is 154 Å². The predicted molar refractivity (Wildman–Crippen MR) is 104 cm³/mol. The minimum atomic E-state index is -0.181. The van der Waals surface area contributed by atoms with Crippen molar-refractivity contribution >= 4 is 5.91 Å². The van der Waals surface area contributed by atoms with Crippen LogP contribution in [0.15, 0.2) is 78.9 Å². The molecule has 1 N–H and O–H groups in total. The summed E-state index contributed by atoms with van der Waals surface area (Å²) in [4.78, 5) is 12.7. The first-order valence-corrected chi connectivity index (χ1v) is 8.70. The average molecular weight is 345 g/mol. The second kappa shape index (κ2) is 8.34. The van der Waals surface area contributed by atoms with E-state index in [9.17, 15) is 4.79 Å². The molecule has 132 valence electrons. The molecule has 1 unspecified atom stereocenters. The number of nitrogens with one attached hydrogen (secondary N) is 1. The molecule has 3 nitrogen and oxygen atoms in total. The topological polar surface area (TPSA) is 38.3 Å². The van der Waals surface area contributed by atoms with Crippen molar-refractivity contribution in [3.8, 4) is 5.75 Å². The highest BCUT2D eigenvalue weighted by Gasteiger charge is 2.17. The van der Waals surface area contributed by atoms with Gasteiger partial charge in [0.1, 0.15) is 5.75 Å². The van der Waals surface area contributed by atoms with Gasteiger partial charge in [0, 0.05) is 5.56 Å². The molecule has 0 bridgehead atoms. The second-order valence-corrected chi connectivity index (χ2v) is 6.31. The van der Waals surface area contributed by atoms with Crippen molar-refractivity contribution in [1.29, 1.82) is 0 Å². The van der Waals surface area contributed by atoms with E-state index in [1.165, 1.54) is 5.56 Å². The summed E-state index contributed by atoms with van der Waals surface area (Å²) in [6.07, 6.45) is 0.277. The summed E-state index contributed by atoms with van der Waals surface area (Å²) in [5.74, 6) is 0.693. The van der Waals surface area contributed by atoms with E-state index in [1.807, 2.05) is 54.6 Å². The van der Waals surface area contributed by atoms with Gasteiger partial charge in [-0.15, -0.1) is 0 Å². The van der Waals surface area contributed by atoms with Crippen LogP contribution in [0, 0.1) is 6.92 Å². The quantitative estimate of drug-likeness (QED) is 0.717. The number of aryl methyl sites for hydroxylation is 1. The highest BCUT2D eigenvalue weighted by Crippen LogP contribution is 2.23. The Morgan fingerprint density at radius 1 is 0.885 bits per heavy atom. The van der Waals surface area contributed by atoms with Crippen molar-refractivity contribution in [2.75, 3.05) is 7.11 Å². The third-order valence-electron chi connectivity index (χ3n) is 4.39. The SMILES string of the molecule is COc1ccccc1CC(=O)NC(c1ccccc1)c1ccc(C)cc1. The van der Waals surface area contributed by atoms with Gasteiger partial charge in [-0.1, -0.05) is 78.4 Å². The molecule has 3 heteroatoms. The van der Waals surface area contributed by atoms with Crippen LogP contribution in [0.3, 0.4) is 0 Å². The monoisotopic (exact) mass is 345 g/mol. The molecule has 3 rings (SSSR count). The van der Waals surface area contributed by atoms with Crippen LogP contribution in [-0.4, -0.2) is 13.0 Å². The molecule has 0 fully saturated rings. The molecule has 0 spiro atoms. The molecule has 0 aliphatic carbocycles. The van der Waals surface area contributed by atoms with Gasteiger partial charge in [0.25, 0.3) is 0 Å². The number of methoxy groups -OCH3 is 1. The lowest BCUT2D eigenvalue weighted by Gasteiger charge is -2.20. The summed E-state index contributed by atoms with van der Waals surface area (Å²) in [5, 5.41) is 3.17. The third kappa shape index (κ3) is 4.31. The number of hydrogen-bond acceptors (Lipinski definition) is 2. The van der Waals surface area contributed by atoms with E-state index in [0.717, 1.165) is 22.4 Å². The van der Waals surface area contributed by atoms with E-state index in [4.69, 9.17) is 4.74 Å². The molecule has 0 saturated heterocycles. The maximum atomic E-state index is 12.7. The Bertz CT molecular complexity index is 857. The molecule has 0 saturated carbocycles. The third-order valence-corrected chi connectivity index (χ3v) is 4.39. The van der Waals surface area contributed by atoms with E-state index in [-0.39, 0.29) is 18.4 Å². The van der Waals surface area contributed by atoms with E-state index >= 15 is 0 Å². The van der Waals surface area contributed by atoms with E-state index in [0.29, 0.717) is 0 Å². The summed E-state index contributed by atoms with van der Waals surface area (Å²) in [6.45, 7) is 2.06. The van der Waals surface area contributed by atoms with Crippen LogP contribution < -0.4 is 10.1 Å². The molecular formula is C23H23NO2. The smallest absolute Gasteiger partial charge is 0.225 e. The normalized spacial score (nSPS) is 11.6. The van der Waals surface area contributed by atoms with Crippen molar-refractivity contribution < 1.29 is 9.53 Å². The molecule has 0 heterocycles. The first-order valence-electron chi connectivity index (χ1n) is 8.70. The van der Waals surface area contributed by atoms with Crippen molar-refractivity contribution in [2.45, 2.75) is 19.4 Å². The van der Waals surface area contributed by atoms with Gasteiger partial charge in [0.15, 0.2) is 0 Å². The highest BCUT2D eigenvalue weighted by molar-refractivity contribution is 5.80. The number of benzene rings is 3. The van der Waals surface area contributed by atoms with Crippen molar-refractivity contribution in [3.63, 3.8) is 0 Å². The van der Waals surface area contributed by atoms with Gasteiger partial charge in [0.05, 0.1) is 19.6 Å². The van der Waals surface area contributed by atoms with E-state index < -0.39 is 0 Å². The number of para-hydroxylation sites is 1. The fourth-order valence-corrected chi connectivity index (χ4v) is 3.00. The molecule has 1 atom stereocenters. The van der Waals surface area contributed by atoms with Crippen LogP contribution in [-0.2, 0) is 11.2 Å². The molecule has 26 heavy (non-hydrogen) atoms. The van der Waals surface area contributed by atoms with E-state index in [2.05, 4.69) is 36.5 Å². The van der Waals surface area contributed by atoms with Gasteiger partial charge >= 0.3 is 0 Å². The van der Waals surface area contributed by atoms with Gasteiger partial charge in [-0.2, -0.15) is 0 Å². The van der Waals surface area contributed by atoms with Crippen molar-refractivity contribution in [1.82, 2.24) is 5.32 Å². The van der Waals surface area contributed by atoms with Crippen LogP contribution in [0.5, 0.6) is 5.75 Å². The average Bonchev–Trinajstić information content (AvgIpc) is 2.68. The van der Waals surface area contributed by atoms with Crippen LogP contribution in [0.25, 0.3) is 0 Å². The molecule has 0 aromatic heterocycles. The number of ether oxygens (including phenoxy) is 1. The summed E-state index contributed by atoms with van der Waals surface area (Å²) in [6, 6.07) is 25.7. The Morgan fingerprint density at radius 3 is 2.19 bits per heavy atom. The Balaban J connectivity index is 1.83. The molecule has 0 aliphatic rings. The lowest BCUT2D eigenvalue weighted by molar-refractivity contribution is -0.121. The van der Waals surface area contributed by atoms with E-state index in [1.54, 1.807) is 7.11 Å². The summed E-state index contributed by atoms with van der Waals surface area (Å²) < 4.78 is 5.35. The minimum Gasteiger partial charge on any atom is -0.496 e. The van der Waals surface area contributed by atoms with Crippen LogP contribution in [0.2, 0.25) is 0 Å². The lowest BCUT2D eigenvalue weighted by Crippen LogP contribution is -2.30. The summed E-state index contributed by atoms with van der Waals surface area (Å²) in [5.41, 5.74) is 4.20. The molecule has 1 amide bonds. The fourth-order valence-electron chi connectivity index (χ4n) is 3.00. The van der Waals surface area contributed by atoms with Gasteiger partial charge in [-0.25, -0.2) is 0 Å². The maximum Gasteiger partial charge on any atom is 0.225 e. The van der Waals surface area contributed by atoms with Crippen molar-refractivity contribution in [2.24, 2.45) is 0 Å². The Hall–Kier alpha value is -3.07. The first kappa shape index (κ1) is 17.7. The maximum absolute atomic E-state index is 12.7. The standard InChI is InChI=1S/C23H23NO2/c1-17-12-14-19(15-13-17)23(18-8-4-3-5-9-18)24-22(25)16-20-10-6-7-11-21(20)26-2/h3-15,23H,16H2,1-2H3,(H,24,25). The molecule has 0 radical (unpaired) electrons. The zero-order chi connectivity index (χ0) is 18.4. The van der Waals surface area contributed by atoms with Gasteiger partial charge in [0.2, 0.25) is 5.91 Å². The number of carbonyl (C=O) groups excluding carboxylic acids is 1. The van der Waals surface area contributed by atoms with Crippen LogP contribution in [0.4, 0.5) is 0 Å². The number of hydrogen-bond donors (Lipinski definition) is 1. The molecule has 3 aromatic rings. The fraction of sp³-hybridized carbons (Fsp3) is 0.174. The molecular weight excluding hydrogens is 322 g/mol. The molecule has 0 aliphatic heterocycles. The van der Waals surface area contributed by atoms with Gasteiger partial charge in [-0.05, 0) is 24.1 Å². The zero-order valence-corrected chi connectivity index (χ0v) is 15.1. The predicted octanol–water partition coefficient (Wildman–Crippen LogP) is 4.45. The summed E-state index contributed by atoms with van der Waals surface area (Å²) >= 11 is 0. The Kier molecular flexibility index (Phi) is 5.69. The number of carbonyl (C=O) groups is 1. The largest absolute Gasteiger partial charge is 0.496 e. The first-order chi connectivity index (χ1) is 12.7. The minimum absolute atomic E-state index is 0.0380. The van der Waals surface area contributed by atoms with Gasteiger partial charge < -0.3 is 10.1 Å². The Morgan fingerprint density at radius 2 is 1.50 bits per heavy atom. The summed E-state index contributed by atoms with van der Waals surface area (Å²) in [7, 11) is 1.62. The van der Waals surface area contributed by atoms with Crippen LogP contribution in [0.1, 0.15) is 28.3 Å². The highest BCUT2D eigenvalue weighted by atomic mass is 16.5. The lowest BCUT2D eigenvalue weighted by atomic mass is 9.97. The zero-order valence-electron chi connectivity index (χ0n) is 15.1.